The maximum Gasteiger partial charge on any atom is 0.329 e. The zero-order chi connectivity index (χ0) is 12.8. The van der Waals surface area contributed by atoms with Crippen molar-refractivity contribution in [2.75, 3.05) is 6.61 Å². The molecule has 0 amide bonds. The molecule has 18 heavy (non-hydrogen) atoms. The van der Waals surface area contributed by atoms with Crippen molar-refractivity contribution in [3.8, 4) is 5.75 Å². The Morgan fingerprint density at radius 1 is 1.22 bits per heavy atom. The summed E-state index contributed by atoms with van der Waals surface area (Å²) in [4.78, 5) is 10.3. The molecule has 1 saturated carbocycles. The zero-order valence-electron chi connectivity index (χ0n) is 10.3. The number of carbonyl (C=O) groups is 1. The molecular formula is C14H18O4. The lowest BCUT2D eigenvalue weighted by Crippen LogP contribution is -2.10. The first kappa shape index (κ1) is 12.9. The third-order valence-corrected chi connectivity index (χ3v) is 3.02. The van der Waals surface area contributed by atoms with Gasteiger partial charge in [0.05, 0.1) is 12.7 Å². The Balaban J connectivity index is 1.79. The highest BCUT2D eigenvalue weighted by Gasteiger charge is 2.16. The lowest BCUT2D eigenvalue weighted by Gasteiger charge is -2.13. The van der Waals surface area contributed by atoms with Crippen molar-refractivity contribution in [2.24, 2.45) is 0 Å². The van der Waals surface area contributed by atoms with Gasteiger partial charge in [-0.05, 0) is 43.4 Å². The molecule has 0 atom stereocenters. The number of hydrogen-bond acceptors (Lipinski definition) is 3. The molecule has 0 saturated heterocycles. The quantitative estimate of drug-likeness (QED) is 0.843. The SMILES string of the molecule is O=C(O)COCc1ccc(OC2CCCC2)cc1. The van der Waals surface area contributed by atoms with Crippen LogP contribution in [0.15, 0.2) is 24.3 Å². The van der Waals surface area contributed by atoms with E-state index in [9.17, 15) is 4.79 Å². The van der Waals surface area contributed by atoms with E-state index in [4.69, 9.17) is 14.6 Å². The lowest BCUT2D eigenvalue weighted by molar-refractivity contribution is -0.142. The second kappa shape index (κ2) is 6.40. The van der Waals surface area contributed by atoms with Crippen LogP contribution in [0.1, 0.15) is 31.2 Å². The average molecular weight is 250 g/mol. The Morgan fingerprint density at radius 2 is 1.89 bits per heavy atom. The molecular weight excluding hydrogens is 232 g/mol. The summed E-state index contributed by atoms with van der Waals surface area (Å²) >= 11 is 0. The zero-order valence-corrected chi connectivity index (χ0v) is 10.3. The number of aliphatic carboxylic acids is 1. The van der Waals surface area contributed by atoms with E-state index in [1.165, 1.54) is 12.8 Å². The van der Waals surface area contributed by atoms with E-state index >= 15 is 0 Å². The molecule has 98 valence electrons. The van der Waals surface area contributed by atoms with E-state index in [1.807, 2.05) is 24.3 Å². The summed E-state index contributed by atoms with van der Waals surface area (Å²) in [6, 6.07) is 7.65. The number of ether oxygens (including phenoxy) is 2. The smallest absolute Gasteiger partial charge is 0.329 e. The predicted octanol–water partition coefficient (Wildman–Crippen LogP) is 2.61. The summed E-state index contributed by atoms with van der Waals surface area (Å²) in [5.74, 6) is -0.0694. The molecule has 0 spiro atoms. The van der Waals surface area contributed by atoms with Gasteiger partial charge in [-0.2, -0.15) is 0 Å². The molecule has 1 aliphatic rings. The summed E-state index contributed by atoms with van der Waals surface area (Å²) in [6.07, 6.45) is 5.16. The Kier molecular flexibility index (Phi) is 4.59. The largest absolute Gasteiger partial charge is 0.490 e. The van der Waals surface area contributed by atoms with Crippen molar-refractivity contribution in [2.45, 2.75) is 38.4 Å². The second-order valence-corrected chi connectivity index (χ2v) is 4.55. The van der Waals surface area contributed by atoms with Crippen molar-refractivity contribution in [3.05, 3.63) is 29.8 Å². The Bertz CT molecular complexity index is 379. The Hall–Kier alpha value is -1.55. The van der Waals surface area contributed by atoms with Gasteiger partial charge in [0.15, 0.2) is 0 Å². The highest BCUT2D eigenvalue weighted by molar-refractivity contribution is 5.67. The van der Waals surface area contributed by atoms with E-state index in [-0.39, 0.29) is 6.61 Å². The van der Waals surface area contributed by atoms with Crippen molar-refractivity contribution in [1.82, 2.24) is 0 Å². The van der Waals surface area contributed by atoms with Crippen LogP contribution in [-0.4, -0.2) is 23.8 Å². The molecule has 0 heterocycles. The fourth-order valence-electron chi connectivity index (χ4n) is 2.12. The van der Waals surface area contributed by atoms with Crippen molar-refractivity contribution in [3.63, 3.8) is 0 Å². The van der Waals surface area contributed by atoms with Crippen LogP contribution in [0.3, 0.4) is 0 Å². The Labute approximate surface area is 107 Å². The monoisotopic (exact) mass is 250 g/mol. The van der Waals surface area contributed by atoms with Gasteiger partial charge in [-0.15, -0.1) is 0 Å². The maximum absolute atomic E-state index is 10.3. The summed E-state index contributed by atoms with van der Waals surface area (Å²) in [6.45, 7) is 0.0519. The van der Waals surface area contributed by atoms with E-state index < -0.39 is 5.97 Å². The molecule has 0 unspecified atom stereocenters. The van der Waals surface area contributed by atoms with Crippen molar-refractivity contribution in [1.29, 1.82) is 0 Å². The fraction of sp³-hybridized carbons (Fsp3) is 0.500. The summed E-state index contributed by atoms with van der Waals surface area (Å²) < 4.78 is 10.9. The topological polar surface area (TPSA) is 55.8 Å². The minimum atomic E-state index is -0.948. The number of rotatable bonds is 6. The molecule has 1 aliphatic carbocycles. The third kappa shape index (κ3) is 4.04. The average Bonchev–Trinajstić information content (AvgIpc) is 2.84. The molecule has 0 aliphatic heterocycles. The highest BCUT2D eigenvalue weighted by Crippen LogP contribution is 2.24. The van der Waals surface area contributed by atoms with Crippen LogP contribution < -0.4 is 4.74 Å². The summed E-state index contributed by atoms with van der Waals surface area (Å²) in [7, 11) is 0. The molecule has 0 radical (unpaired) electrons. The standard InChI is InChI=1S/C14H18O4/c15-14(16)10-17-9-11-5-7-13(8-6-11)18-12-3-1-2-4-12/h5-8,12H,1-4,9-10H2,(H,15,16). The molecule has 0 bridgehead atoms. The van der Waals surface area contributed by atoms with E-state index in [1.54, 1.807) is 0 Å². The van der Waals surface area contributed by atoms with E-state index in [0.717, 1.165) is 24.2 Å². The normalized spacial score (nSPS) is 15.8. The first-order valence-corrected chi connectivity index (χ1v) is 6.29. The lowest BCUT2D eigenvalue weighted by atomic mass is 10.2. The fourth-order valence-corrected chi connectivity index (χ4v) is 2.12. The summed E-state index contributed by atoms with van der Waals surface area (Å²) in [5.41, 5.74) is 0.954. The van der Waals surface area contributed by atoms with Crippen molar-refractivity contribution >= 4 is 5.97 Å². The first-order chi connectivity index (χ1) is 8.74. The molecule has 1 fully saturated rings. The summed E-state index contributed by atoms with van der Waals surface area (Å²) in [5, 5.41) is 8.45. The van der Waals surface area contributed by atoms with Gasteiger partial charge in [0.2, 0.25) is 0 Å². The second-order valence-electron chi connectivity index (χ2n) is 4.55. The van der Waals surface area contributed by atoms with E-state index in [2.05, 4.69) is 0 Å². The van der Waals surface area contributed by atoms with Crippen LogP contribution in [0.2, 0.25) is 0 Å². The van der Waals surface area contributed by atoms with Gasteiger partial charge >= 0.3 is 5.97 Å². The van der Waals surface area contributed by atoms with Crippen molar-refractivity contribution < 1.29 is 19.4 Å². The van der Waals surface area contributed by atoms with Gasteiger partial charge in [0.25, 0.3) is 0 Å². The molecule has 4 nitrogen and oxygen atoms in total. The first-order valence-electron chi connectivity index (χ1n) is 6.29. The maximum atomic E-state index is 10.3. The molecule has 1 N–H and O–H groups in total. The van der Waals surface area contributed by atoms with Gasteiger partial charge < -0.3 is 14.6 Å². The van der Waals surface area contributed by atoms with Crippen LogP contribution in [0, 0.1) is 0 Å². The van der Waals surface area contributed by atoms with Crippen LogP contribution >= 0.6 is 0 Å². The Morgan fingerprint density at radius 3 is 2.50 bits per heavy atom. The minimum absolute atomic E-state index is 0.264. The molecule has 1 aromatic rings. The van der Waals surface area contributed by atoms with Gasteiger partial charge in [-0.25, -0.2) is 4.79 Å². The van der Waals surface area contributed by atoms with Gasteiger partial charge in [0, 0.05) is 0 Å². The van der Waals surface area contributed by atoms with Crippen LogP contribution in [-0.2, 0) is 16.1 Å². The van der Waals surface area contributed by atoms with Gasteiger partial charge in [-0.1, -0.05) is 12.1 Å². The molecule has 2 rings (SSSR count). The highest BCUT2D eigenvalue weighted by atomic mass is 16.5. The number of benzene rings is 1. The number of carboxylic acids is 1. The molecule has 4 heteroatoms. The molecule has 1 aromatic carbocycles. The third-order valence-electron chi connectivity index (χ3n) is 3.02. The van der Waals surface area contributed by atoms with Gasteiger partial charge in [-0.3, -0.25) is 0 Å². The predicted molar refractivity (Wildman–Crippen MR) is 66.6 cm³/mol. The number of hydrogen-bond donors (Lipinski definition) is 1. The van der Waals surface area contributed by atoms with Gasteiger partial charge in [0.1, 0.15) is 12.4 Å². The van der Waals surface area contributed by atoms with Crippen LogP contribution in [0.25, 0.3) is 0 Å². The van der Waals surface area contributed by atoms with Crippen LogP contribution in [0.4, 0.5) is 0 Å². The minimum Gasteiger partial charge on any atom is -0.490 e. The van der Waals surface area contributed by atoms with E-state index in [0.29, 0.717) is 12.7 Å². The molecule has 0 aromatic heterocycles. The van der Waals surface area contributed by atoms with Crippen LogP contribution in [0.5, 0.6) is 5.75 Å². The number of carboxylic acid groups (broad SMARTS) is 1.